The first-order chi connectivity index (χ1) is 33.1. The topological polar surface area (TPSA) is 59.0 Å². The SMILES string of the molecule is N#Cc1ccc(N(c2ccc3cc4c5ccc(N(c6ccc(C#N)cc6)c6cccc7c6sc6ccccc67)cc5n(-c5ccccc5)c4cc3c2)c2cccc3c2sc2ccccc23)cc1. The van der Waals surface area contributed by atoms with E-state index in [1.807, 2.05) is 71.2 Å². The Labute approximate surface area is 393 Å². The molecule has 5 nitrogen and oxygen atoms in total. The first-order valence-electron chi connectivity index (χ1n) is 22.1. The van der Waals surface area contributed by atoms with Gasteiger partial charge >= 0.3 is 0 Å². The van der Waals surface area contributed by atoms with E-state index in [4.69, 9.17) is 0 Å². The van der Waals surface area contributed by atoms with Crippen LogP contribution in [0.2, 0.25) is 0 Å². The summed E-state index contributed by atoms with van der Waals surface area (Å²) in [4.78, 5) is 4.67. The van der Waals surface area contributed by atoms with Crippen LogP contribution < -0.4 is 9.80 Å². The fourth-order valence-corrected chi connectivity index (χ4v) is 12.3. The number of hydrogen-bond donors (Lipinski definition) is 0. The van der Waals surface area contributed by atoms with Gasteiger partial charge in [-0.25, -0.2) is 0 Å². The van der Waals surface area contributed by atoms with Gasteiger partial charge in [0.1, 0.15) is 0 Å². The summed E-state index contributed by atoms with van der Waals surface area (Å²) < 4.78 is 7.31. The van der Waals surface area contributed by atoms with Crippen LogP contribution in [0.3, 0.4) is 0 Å². The molecule has 0 bridgehead atoms. The first-order valence-corrected chi connectivity index (χ1v) is 23.7. The summed E-state index contributed by atoms with van der Waals surface area (Å²) in [5.41, 5.74) is 10.7. The maximum absolute atomic E-state index is 9.77. The highest BCUT2D eigenvalue weighted by Gasteiger charge is 2.23. The molecule has 0 amide bonds. The molecule has 67 heavy (non-hydrogen) atoms. The van der Waals surface area contributed by atoms with E-state index in [9.17, 15) is 10.5 Å². The van der Waals surface area contributed by atoms with Crippen LogP contribution in [0.1, 0.15) is 11.1 Å². The van der Waals surface area contributed by atoms with E-state index in [0.717, 1.165) is 67.0 Å². The highest BCUT2D eigenvalue weighted by molar-refractivity contribution is 7.26. The number of thiophene rings is 2. The van der Waals surface area contributed by atoms with E-state index < -0.39 is 0 Å². The van der Waals surface area contributed by atoms with Gasteiger partial charge in [0, 0.05) is 70.2 Å². The fourth-order valence-electron chi connectivity index (χ4n) is 9.91. The molecule has 10 aromatic carbocycles. The summed E-state index contributed by atoms with van der Waals surface area (Å²) in [6, 6.07) is 79.7. The smallest absolute Gasteiger partial charge is 0.0991 e. The number of rotatable bonds is 7. The molecule has 0 saturated heterocycles. The Hall–Kier alpha value is -8.72. The molecule has 0 aliphatic rings. The van der Waals surface area contributed by atoms with E-state index in [1.54, 1.807) is 0 Å². The molecule has 0 N–H and O–H groups in total. The van der Waals surface area contributed by atoms with Gasteiger partial charge in [-0.1, -0.05) is 91.0 Å². The van der Waals surface area contributed by atoms with E-state index >= 15 is 0 Å². The summed E-state index contributed by atoms with van der Waals surface area (Å²) in [7, 11) is 0. The largest absolute Gasteiger partial charge is 0.309 e. The molecule has 312 valence electrons. The van der Waals surface area contributed by atoms with Gasteiger partial charge < -0.3 is 14.4 Å². The van der Waals surface area contributed by atoms with Crippen molar-refractivity contribution in [2.45, 2.75) is 0 Å². The van der Waals surface area contributed by atoms with Crippen molar-refractivity contribution in [3.05, 3.63) is 223 Å². The van der Waals surface area contributed by atoms with Crippen LogP contribution in [-0.2, 0) is 0 Å². The highest BCUT2D eigenvalue weighted by atomic mass is 32.1. The average Bonchev–Trinajstić information content (AvgIpc) is 4.06. The summed E-state index contributed by atoms with van der Waals surface area (Å²) in [5.74, 6) is 0. The van der Waals surface area contributed by atoms with Gasteiger partial charge in [0.2, 0.25) is 0 Å². The number of para-hydroxylation sites is 1. The number of fused-ring (bicyclic) bond motifs is 10. The van der Waals surface area contributed by atoms with E-state index in [2.05, 4.69) is 190 Å². The van der Waals surface area contributed by atoms with Gasteiger partial charge in [-0.3, -0.25) is 0 Å². The molecule has 13 rings (SSSR count). The van der Waals surface area contributed by atoms with Crippen LogP contribution in [0.4, 0.5) is 34.1 Å². The average molecular weight is 890 g/mol. The second-order valence-electron chi connectivity index (χ2n) is 16.8. The monoisotopic (exact) mass is 889 g/mol. The van der Waals surface area contributed by atoms with Gasteiger partial charge in [-0.2, -0.15) is 10.5 Å². The number of benzene rings is 10. The van der Waals surface area contributed by atoms with Crippen LogP contribution in [-0.4, -0.2) is 4.57 Å². The lowest BCUT2D eigenvalue weighted by Gasteiger charge is -2.26. The minimum absolute atomic E-state index is 0.621. The van der Waals surface area contributed by atoms with Crippen molar-refractivity contribution in [3.8, 4) is 17.8 Å². The number of aromatic nitrogens is 1. The lowest BCUT2D eigenvalue weighted by Crippen LogP contribution is -2.10. The Balaban J connectivity index is 1.03. The summed E-state index contributed by atoms with van der Waals surface area (Å²) >= 11 is 3.62. The lowest BCUT2D eigenvalue weighted by molar-refractivity contribution is 1.18. The molecule has 0 saturated carbocycles. The number of anilines is 6. The minimum Gasteiger partial charge on any atom is -0.309 e. The molecule has 3 aromatic heterocycles. The molecule has 0 fully saturated rings. The molecule has 0 unspecified atom stereocenters. The molecule has 13 aromatic rings. The minimum atomic E-state index is 0.621. The van der Waals surface area contributed by atoms with Crippen LogP contribution >= 0.6 is 22.7 Å². The van der Waals surface area contributed by atoms with Gasteiger partial charge in [0.15, 0.2) is 0 Å². The Morgan fingerprint density at radius 2 is 0.851 bits per heavy atom. The number of hydrogen-bond acceptors (Lipinski definition) is 6. The molecule has 0 atom stereocenters. The van der Waals surface area contributed by atoms with E-state index in [1.165, 1.54) is 45.7 Å². The second kappa shape index (κ2) is 15.5. The van der Waals surface area contributed by atoms with E-state index in [0.29, 0.717) is 11.1 Å². The molecular formula is C60H35N5S2. The predicted octanol–water partition coefficient (Wildman–Crippen LogP) is 17.4. The summed E-state index contributed by atoms with van der Waals surface area (Å²) in [6.45, 7) is 0. The van der Waals surface area contributed by atoms with Gasteiger partial charge in [-0.15, -0.1) is 22.7 Å². The van der Waals surface area contributed by atoms with Crippen molar-refractivity contribution >= 4 is 130 Å². The Bertz CT molecular complexity index is 4190. The zero-order valence-corrected chi connectivity index (χ0v) is 37.4. The third-order valence-electron chi connectivity index (χ3n) is 13.0. The molecule has 0 aliphatic heterocycles. The van der Waals surface area contributed by atoms with Gasteiger partial charge in [0.05, 0.1) is 55.1 Å². The second-order valence-corrected chi connectivity index (χ2v) is 18.9. The highest BCUT2D eigenvalue weighted by Crippen LogP contribution is 2.48. The summed E-state index contributed by atoms with van der Waals surface area (Å²) in [6.07, 6.45) is 0. The zero-order valence-electron chi connectivity index (χ0n) is 35.8. The number of nitrogens with zero attached hydrogens (tertiary/aromatic N) is 5. The van der Waals surface area contributed by atoms with Crippen LogP contribution in [0.15, 0.2) is 212 Å². The maximum atomic E-state index is 9.77. The van der Waals surface area contributed by atoms with Crippen LogP contribution in [0, 0.1) is 22.7 Å². The van der Waals surface area contributed by atoms with Crippen molar-refractivity contribution < 1.29 is 0 Å². The molecule has 7 heteroatoms. The summed E-state index contributed by atoms with van der Waals surface area (Å²) in [5, 5.41) is 29.0. The molecular weight excluding hydrogens is 855 g/mol. The van der Waals surface area contributed by atoms with Crippen molar-refractivity contribution in [1.29, 1.82) is 10.5 Å². The molecule has 3 heterocycles. The Morgan fingerprint density at radius 3 is 1.43 bits per heavy atom. The van der Waals surface area contributed by atoms with Gasteiger partial charge in [-0.05, 0) is 132 Å². The third kappa shape index (κ3) is 6.26. The Morgan fingerprint density at radius 1 is 0.358 bits per heavy atom. The van der Waals surface area contributed by atoms with Crippen LogP contribution in [0.25, 0.3) is 78.6 Å². The third-order valence-corrected chi connectivity index (χ3v) is 15.4. The Kier molecular flexibility index (Phi) is 8.94. The molecule has 0 aliphatic carbocycles. The quantitative estimate of drug-likeness (QED) is 0.160. The predicted molar refractivity (Wildman–Crippen MR) is 283 cm³/mol. The van der Waals surface area contributed by atoms with Crippen molar-refractivity contribution in [3.63, 3.8) is 0 Å². The molecule has 0 spiro atoms. The number of nitriles is 2. The maximum Gasteiger partial charge on any atom is 0.0991 e. The van der Waals surface area contributed by atoms with E-state index in [-0.39, 0.29) is 0 Å². The van der Waals surface area contributed by atoms with Crippen LogP contribution in [0.5, 0.6) is 0 Å². The standard InChI is InChI=1S/C60H35N5S2/c61-36-38-20-25-43(26-21-38)63(53-16-8-14-50-48-12-4-6-18-57(48)66-59(50)53)45-29-24-40-33-52-47-31-30-46(35-56(47)65(42-10-2-1-3-11-42)55(52)34-41(40)32-45)64(44-27-22-39(37-62)23-28-44)54-17-9-15-51-49-13-5-7-19-58(49)67-60(51)54/h1-35H. The van der Waals surface area contributed by atoms with Gasteiger partial charge in [0.25, 0.3) is 0 Å². The van der Waals surface area contributed by atoms with Crippen molar-refractivity contribution in [1.82, 2.24) is 4.57 Å². The first kappa shape index (κ1) is 38.7. The normalized spacial score (nSPS) is 11.6. The fraction of sp³-hybridized carbons (Fsp3) is 0. The van der Waals surface area contributed by atoms with Crippen molar-refractivity contribution in [2.75, 3.05) is 9.80 Å². The lowest BCUT2D eigenvalue weighted by atomic mass is 10.0. The zero-order chi connectivity index (χ0) is 44.6. The van der Waals surface area contributed by atoms with Crippen molar-refractivity contribution in [2.24, 2.45) is 0 Å². The molecule has 0 radical (unpaired) electrons.